The molecule has 96 heavy (non-hydrogen) atoms. The van der Waals surface area contributed by atoms with Gasteiger partial charge in [0, 0.05) is 173 Å². The summed E-state index contributed by atoms with van der Waals surface area (Å²) in [7, 11) is 0. The highest BCUT2D eigenvalue weighted by Gasteiger charge is 2.44. The largest absolute Gasteiger partial charge is 0.366 e. The van der Waals surface area contributed by atoms with Crippen molar-refractivity contribution in [3.63, 3.8) is 0 Å². The summed E-state index contributed by atoms with van der Waals surface area (Å²) >= 11 is 0. The number of halogens is 10. The molecule has 5 aromatic rings. The van der Waals surface area contributed by atoms with E-state index in [4.69, 9.17) is 9.47 Å². The zero-order valence-corrected chi connectivity index (χ0v) is 53.8. The Bertz CT molecular complexity index is 3660. The van der Waals surface area contributed by atoms with E-state index in [1.807, 2.05) is 47.9 Å². The average molecular weight is 1360 g/mol. The van der Waals surface area contributed by atoms with E-state index in [0.29, 0.717) is 63.7 Å². The van der Waals surface area contributed by atoms with Crippen molar-refractivity contribution in [3.05, 3.63) is 160 Å². The molecule has 4 fully saturated rings. The lowest BCUT2D eigenvalue weighted by Gasteiger charge is -2.43. The normalized spacial score (nSPS) is 23.1. The molecule has 4 saturated heterocycles. The number of rotatable bonds is 18. The SMILES string of the molecule is C[C@@H]1CN(CC(=O)N2CC(C)(C)c3[nH]c(=O)c(Cc4c(F)c(F)c(F)c(F)c4F)cc32)[C@@H](CN2CCO[C@H](C(=O)NCc3ccc(CNC(=O)[C@@H]4CN(C[C@H]5CN[C@H](C)CN5CC(=O)N5CC(C)(C)c6[nH]c(=O)c(Cc7c(F)c(F)c(F)c(F)c7F)cc65)CCO4)cc3)C2)CN1. The highest BCUT2D eigenvalue weighted by atomic mass is 19.2. The van der Waals surface area contributed by atoms with Crippen LogP contribution < -0.4 is 42.2 Å². The summed E-state index contributed by atoms with van der Waals surface area (Å²) in [5.41, 5.74) is -3.23. The predicted molar refractivity (Wildman–Crippen MR) is 331 cm³/mol. The summed E-state index contributed by atoms with van der Waals surface area (Å²) in [5, 5.41) is 12.9. The van der Waals surface area contributed by atoms with Gasteiger partial charge in [-0.3, -0.25) is 48.4 Å². The van der Waals surface area contributed by atoms with E-state index < -0.39 is 116 Å². The van der Waals surface area contributed by atoms with Crippen molar-refractivity contribution in [3.8, 4) is 0 Å². The number of morpholine rings is 2. The van der Waals surface area contributed by atoms with Gasteiger partial charge in [0.2, 0.25) is 23.4 Å². The van der Waals surface area contributed by atoms with E-state index in [-0.39, 0.29) is 136 Å². The molecule has 11 rings (SSSR count). The first-order valence-corrected chi connectivity index (χ1v) is 31.9. The first-order chi connectivity index (χ1) is 45.5. The van der Waals surface area contributed by atoms with Crippen molar-refractivity contribution in [2.24, 2.45) is 0 Å². The third-order valence-corrected chi connectivity index (χ3v) is 19.1. The number of carbonyl (C=O) groups excluding carboxylic acids is 4. The smallest absolute Gasteiger partial charge is 0.251 e. The van der Waals surface area contributed by atoms with Gasteiger partial charge in [0.05, 0.1) is 37.7 Å². The molecule has 3 aromatic carbocycles. The molecule has 2 aromatic heterocycles. The lowest BCUT2D eigenvalue weighted by molar-refractivity contribution is -0.139. The van der Waals surface area contributed by atoms with Gasteiger partial charge in [-0.05, 0) is 37.1 Å². The molecule has 0 unspecified atom stereocenters. The van der Waals surface area contributed by atoms with Crippen LogP contribution in [0.3, 0.4) is 0 Å². The van der Waals surface area contributed by atoms with Crippen LogP contribution in [0.15, 0.2) is 46.0 Å². The van der Waals surface area contributed by atoms with E-state index in [9.17, 15) is 72.7 Å². The van der Waals surface area contributed by atoms with Crippen molar-refractivity contribution in [1.29, 1.82) is 0 Å². The standard InChI is InChI=1S/C66H76F10N12O8/c1-33-23-85(29-47(89)87-31-65(3,4)59-43(87)17-37(61(91)81-59)15-41-49(67)53(71)57(75)54(72)50(41)68)39(21-77-33)25-83-11-13-95-45(27-83)63(93)79-19-35-7-9-36(10-8-35)20-80-64(94)46-28-84(12-14-96-46)26-40-22-78-34(2)24-86(40)30-48(90)88-32-66(5,6)60-44(88)18-38(62(92)82-60)16-42-51(69)55(73)58(76)56(74)52(42)70/h7-10,17-18,33-34,39-40,45-46,77-78H,11-16,19-32H2,1-6H3,(H,79,93)(H,80,94)(H,81,91)(H,82,92)/t33-,34-,39-,40-,45+,46+/m1/s1. The minimum Gasteiger partial charge on any atom is -0.366 e. The minimum absolute atomic E-state index is 0.00244. The molecular formula is C66H76F10N12O8. The van der Waals surface area contributed by atoms with Gasteiger partial charge in [-0.25, -0.2) is 43.9 Å². The fourth-order valence-electron chi connectivity index (χ4n) is 13.8. The van der Waals surface area contributed by atoms with E-state index in [1.165, 1.54) is 21.9 Å². The quantitative estimate of drug-likeness (QED) is 0.0411. The number of aromatic amines is 2. The molecule has 6 aliphatic heterocycles. The Balaban J connectivity index is 0.641. The number of hydrogen-bond acceptors (Lipinski definition) is 14. The van der Waals surface area contributed by atoms with E-state index in [1.54, 1.807) is 27.7 Å². The van der Waals surface area contributed by atoms with Crippen LogP contribution in [0.4, 0.5) is 55.3 Å². The van der Waals surface area contributed by atoms with Crippen LogP contribution in [0.1, 0.15) is 86.3 Å². The number of amides is 4. The first-order valence-electron chi connectivity index (χ1n) is 31.9. The molecule has 0 spiro atoms. The van der Waals surface area contributed by atoms with E-state index in [2.05, 4.69) is 41.0 Å². The Labute approximate surface area is 546 Å². The van der Waals surface area contributed by atoms with Crippen molar-refractivity contribution in [2.75, 3.05) is 115 Å². The van der Waals surface area contributed by atoms with Crippen LogP contribution in [-0.2, 0) is 65.4 Å². The van der Waals surface area contributed by atoms with Gasteiger partial charge in [-0.2, -0.15) is 0 Å². The monoisotopic (exact) mass is 1350 g/mol. The second-order valence-corrected chi connectivity index (χ2v) is 27.2. The Hall–Kier alpha value is -7.58. The Morgan fingerprint density at radius 1 is 0.521 bits per heavy atom. The topological polar surface area (TPSA) is 220 Å². The minimum atomic E-state index is -2.32. The van der Waals surface area contributed by atoms with Crippen molar-refractivity contribution >= 4 is 35.0 Å². The molecule has 0 bridgehead atoms. The van der Waals surface area contributed by atoms with E-state index >= 15 is 0 Å². The van der Waals surface area contributed by atoms with Crippen LogP contribution in [0.25, 0.3) is 0 Å². The highest BCUT2D eigenvalue weighted by molar-refractivity contribution is 5.98. The lowest BCUT2D eigenvalue weighted by Crippen LogP contribution is -2.62. The molecule has 6 N–H and O–H groups in total. The number of ether oxygens (including phenoxy) is 2. The zero-order valence-electron chi connectivity index (χ0n) is 53.8. The molecule has 0 radical (unpaired) electrons. The zero-order chi connectivity index (χ0) is 69.0. The molecule has 6 atom stereocenters. The second kappa shape index (κ2) is 28.1. The fraction of sp³-hybridized carbons (Fsp3) is 0.515. The maximum Gasteiger partial charge on any atom is 0.251 e. The number of hydrogen-bond donors (Lipinski definition) is 6. The summed E-state index contributed by atoms with van der Waals surface area (Å²) in [4.78, 5) is 99.0. The Morgan fingerprint density at radius 2 is 0.865 bits per heavy atom. The van der Waals surface area contributed by atoms with E-state index in [0.717, 1.165) is 11.1 Å². The number of pyridine rings is 2. The molecular weight excluding hydrogens is 1280 g/mol. The second-order valence-electron chi connectivity index (χ2n) is 27.2. The van der Waals surface area contributed by atoms with Gasteiger partial charge in [0.15, 0.2) is 46.5 Å². The lowest BCUT2D eigenvalue weighted by atomic mass is 9.91. The van der Waals surface area contributed by atoms with Gasteiger partial charge < -0.3 is 50.5 Å². The summed E-state index contributed by atoms with van der Waals surface area (Å²) in [5.74, 6) is -22.7. The van der Waals surface area contributed by atoms with Gasteiger partial charge in [-0.15, -0.1) is 0 Å². The van der Waals surface area contributed by atoms with Crippen LogP contribution >= 0.6 is 0 Å². The number of nitrogens with zero attached hydrogens (tertiary/aromatic N) is 6. The molecule has 0 saturated carbocycles. The average Bonchev–Trinajstić information content (AvgIpc) is 1.56. The summed E-state index contributed by atoms with van der Waals surface area (Å²) in [6.45, 7) is 16.7. The molecule has 6 aliphatic rings. The number of carbonyl (C=O) groups is 4. The number of benzene rings is 3. The van der Waals surface area contributed by atoms with Crippen LogP contribution in [0.2, 0.25) is 0 Å². The summed E-state index contributed by atoms with van der Waals surface area (Å²) in [6.07, 6.45) is -3.46. The maximum absolute atomic E-state index is 14.8. The van der Waals surface area contributed by atoms with Gasteiger partial charge in [0.1, 0.15) is 12.2 Å². The molecule has 4 amide bonds. The van der Waals surface area contributed by atoms with Crippen molar-refractivity contribution in [1.82, 2.24) is 50.8 Å². The van der Waals surface area contributed by atoms with Crippen LogP contribution in [-0.4, -0.2) is 194 Å². The van der Waals surface area contributed by atoms with Gasteiger partial charge >= 0.3 is 0 Å². The number of nitrogens with one attached hydrogen (secondary N) is 6. The predicted octanol–water partition coefficient (Wildman–Crippen LogP) is 4.24. The molecule has 0 aliphatic carbocycles. The molecule has 20 nitrogen and oxygen atoms in total. The number of H-pyrrole nitrogens is 2. The molecule has 30 heteroatoms. The number of anilines is 2. The number of piperazine rings is 2. The van der Waals surface area contributed by atoms with Gasteiger partial charge in [0.25, 0.3) is 22.9 Å². The molecule has 518 valence electrons. The Kier molecular flexibility index (Phi) is 20.4. The first kappa shape index (κ1) is 69.8. The van der Waals surface area contributed by atoms with Gasteiger partial charge in [-0.1, -0.05) is 52.0 Å². The van der Waals surface area contributed by atoms with Crippen LogP contribution in [0, 0.1) is 58.2 Å². The number of fused-ring (bicyclic) bond motifs is 2. The number of aromatic nitrogens is 2. The third-order valence-electron chi connectivity index (χ3n) is 19.1. The third kappa shape index (κ3) is 14.5. The van der Waals surface area contributed by atoms with Crippen LogP contribution in [0.5, 0.6) is 0 Å². The highest BCUT2D eigenvalue weighted by Crippen LogP contribution is 2.41. The molecule has 8 heterocycles. The summed E-state index contributed by atoms with van der Waals surface area (Å²) < 4.78 is 155. The van der Waals surface area contributed by atoms with Crippen molar-refractivity contribution < 1.29 is 72.6 Å². The van der Waals surface area contributed by atoms with Crippen molar-refractivity contribution in [2.45, 2.75) is 115 Å². The summed E-state index contributed by atoms with van der Waals surface area (Å²) in [6, 6.07) is 9.51. The fourth-order valence-corrected chi connectivity index (χ4v) is 13.8. The maximum atomic E-state index is 14.8. The Morgan fingerprint density at radius 3 is 1.22 bits per heavy atom.